The van der Waals surface area contributed by atoms with Crippen LogP contribution in [0.2, 0.25) is 0 Å². The number of rotatable bonds is 2. The van der Waals surface area contributed by atoms with E-state index >= 15 is 0 Å². The van der Waals surface area contributed by atoms with Crippen LogP contribution < -0.4 is 9.61 Å². The molecule has 0 amide bonds. The smallest absolute Gasteiger partial charge is 0.417 e. The van der Waals surface area contributed by atoms with E-state index in [4.69, 9.17) is 4.74 Å². The van der Waals surface area contributed by atoms with Crippen molar-refractivity contribution in [3.05, 3.63) is 51.8 Å². The Labute approximate surface area is 126 Å². The maximum Gasteiger partial charge on any atom is 0.417 e. The summed E-state index contributed by atoms with van der Waals surface area (Å²) in [6, 6.07) is 7.13. The minimum absolute atomic E-state index is 0.148. The van der Waals surface area contributed by atoms with Crippen LogP contribution in [0.5, 0.6) is 5.75 Å². The van der Waals surface area contributed by atoms with E-state index in [0.717, 1.165) is 23.6 Å². The predicted octanol–water partition coefficient (Wildman–Crippen LogP) is 3.47. The molecule has 3 aromatic rings. The van der Waals surface area contributed by atoms with Crippen molar-refractivity contribution in [3.63, 3.8) is 0 Å². The Morgan fingerprint density at radius 3 is 2.59 bits per heavy atom. The van der Waals surface area contributed by atoms with Gasteiger partial charge in [0, 0.05) is 6.20 Å². The Kier molecular flexibility index (Phi) is 3.40. The first-order chi connectivity index (χ1) is 10.4. The van der Waals surface area contributed by atoms with Gasteiger partial charge in [-0.15, -0.1) is 0 Å². The van der Waals surface area contributed by atoms with Gasteiger partial charge in [0.05, 0.1) is 22.9 Å². The van der Waals surface area contributed by atoms with Crippen molar-refractivity contribution in [2.45, 2.75) is 6.18 Å². The summed E-state index contributed by atoms with van der Waals surface area (Å²) >= 11 is 0.978. The van der Waals surface area contributed by atoms with Crippen LogP contribution >= 0.6 is 11.3 Å². The Morgan fingerprint density at radius 1 is 1.23 bits per heavy atom. The van der Waals surface area contributed by atoms with Crippen LogP contribution in [0.25, 0.3) is 16.0 Å². The quantitative estimate of drug-likeness (QED) is 0.724. The fourth-order valence-electron chi connectivity index (χ4n) is 2.03. The number of ether oxygens (including phenoxy) is 1. The second-order valence-corrected chi connectivity index (χ2v) is 5.43. The van der Waals surface area contributed by atoms with E-state index < -0.39 is 11.7 Å². The van der Waals surface area contributed by atoms with E-state index in [9.17, 15) is 18.0 Å². The molecule has 3 rings (SSSR count). The first kappa shape index (κ1) is 14.6. The molecule has 4 nitrogen and oxygen atoms in total. The normalized spacial score (nSPS) is 11.8. The molecular weight excluding hydrogens is 317 g/mol. The Hall–Kier alpha value is -2.35. The number of hydrogen-bond donors (Lipinski definition) is 0. The van der Waals surface area contributed by atoms with Crippen LogP contribution in [0.3, 0.4) is 0 Å². The second kappa shape index (κ2) is 5.13. The number of thiazole rings is 1. The van der Waals surface area contributed by atoms with Gasteiger partial charge in [-0.25, -0.2) is 4.98 Å². The van der Waals surface area contributed by atoms with Crippen LogP contribution in [-0.2, 0) is 6.18 Å². The van der Waals surface area contributed by atoms with Gasteiger partial charge in [-0.1, -0.05) is 11.3 Å². The summed E-state index contributed by atoms with van der Waals surface area (Å²) in [5.41, 5.74) is -0.284. The molecule has 0 N–H and O–H groups in total. The van der Waals surface area contributed by atoms with E-state index in [1.807, 2.05) is 0 Å². The molecule has 0 unspecified atom stereocenters. The average molecular weight is 326 g/mol. The third kappa shape index (κ3) is 2.45. The number of methoxy groups -OCH3 is 1. The Balaban J connectivity index is 2.14. The molecule has 2 aromatic heterocycles. The standard InChI is InChI=1S/C14H9F3N2O2S/c1-21-9-3-4-10-11(6-9)22-13(20)19(10)12-5-2-8(7-18-12)14(15,16)17/h2-7H,1H3. The number of halogens is 3. The number of pyridine rings is 1. The maximum absolute atomic E-state index is 12.6. The largest absolute Gasteiger partial charge is 0.497 e. The SMILES string of the molecule is COc1ccc2c(c1)sc(=O)n2-c1ccc(C(F)(F)F)cn1. The number of aromatic nitrogens is 2. The summed E-state index contributed by atoms with van der Waals surface area (Å²) in [5.74, 6) is 0.746. The van der Waals surface area contributed by atoms with Crippen molar-refractivity contribution in [1.29, 1.82) is 0 Å². The Bertz CT molecular complexity index is 882. The minimum Gasteiger partial charge on any atom is -0.497 e. The molecule has 0 bridgehead atoms. The molecule has 0 radical (unpaired) electrons. The number of hydrogen-bond acceptors (Lipinski definition) is 4. The molecule has 0 aliphatic heterocycles. The van der Waals surface area contributed by atoms with Crippen LogP contribution in [0.4, 0.5) is 13.2 Å². The lowest BCUT2D eigenvalue weighted by atomic mass is 10.2. The van der Waals surface area contributed by atoms with E-state index in [2.05, 4.69) is 4.98 Å². The monoisotopic (exact) mass is 326 g/mol. The Morgan fingerprint density at radius 2 is 2.00 bits per heavy atom. The molecule has 0 spiro atoms. The molecule has 114 valence electrons. The minimum atomic E-state index is -4.46. The fourth-order valence-corrected chi connectivity index (χ4v) is 2.94. The number of nitrogens with zero attached hydrogens (tertiary/aromatic N) is 2. The van der Waals surface area contributed by atoms with Crippen molar-refractivity contribution >= 4 is 21.6 Å². The highest BCUT2D eigenvalue weighted by Gasteiger charge is 2.30. The third-order valence-electron chi connectivity index (χ3n) is 3.09. The summed E-state index contributed by atoms with van der Waals surface area (Å²) in [6.07, 6.45) is -3.74. The van der Waals surface area contributed by atoms with Gasteiger partial charge >= 0.3 is 11.0 Å². The maximum atomic E-state index is 12.6. The summed E-state index contributed by atoms with van der Waals surface area (Å²) < 4.78 is 44.7. The zero-order valence-corrected chi connectivity index (χ0v) is 12.0. The molecule has 1 aromatic carbocycles. The molecule has 2 heterocycles. The van der Waals surface area contributed by atoms with Crippen molar-refractivity contribution < 1.29 is 17.9 Å². The summed E-state index contributed by atoms with van der Waals surface area (Å²) in [6.45, 7) is 0. The van der Waals surface area contributed by atoms with Gasteiger partial charge < -0.3 is 4.74 Å². The van der Waals surface area contributed by atoms with Gasteiger partial charge in [0.25, 0.3) is 0 Å². The molecule has 22 heavy (non-hydrogen) atoms. The highest BCUT2D eigenvalue weighted by molar-refractivity contribution is 7.16. The van der Waals surface area contributed by atoms with Gasteiger partial charge in [0.15, 0.2) is 0 Å². The third-order valence-corrected chi connectivity index (χ3v) is 4.00. The molecule has 0 atom stereocenters. The van der Waals surface area contributed by atoms with Gasteiger partial charge in [-0.3, -0.25) is 9.36 Å². The lowest BCUT2D eigenvalue weighted by Crippen LogP contribution is -2.13. The summed E-state index contributed by atoms with van der Waals surface area (Å²) in [7, 11) is 1.51. The van der Waals surface area contributed by atoms with Gasteiger partial charge in [-0.05, 0) is 30.3 Å². The summed E-state index contributed by atoms with van der Waals surface area (Å²) in [4.78, 5) is 15.5. The van der Waals surface area contributed by atoms with E-state index in [1.165, 1.54) is 17.7 Å². The van der Waals surface area contributed by atoms with Gasteiger partial charge in [0.2, 0.25) is 0 Å². The fraction of sp³-hybridized carbons (Fsp3) is 0.143. The first-order valence-electron chi connectivity index (χ1n) is 6.13. The van der Waals surface area contributed by atoms with Gasteiger partial charge in [-0.2, -0.15) is 13.2 Å². The lowest BCUT2D eigenvalue weighted by molar-refractivity contribution is -0.137. The molecule has 8 heteroatoms. The van der Waals surface area contributed by atoms with Crippen LogP contribution in [0, 0.1) is 0 Å². The average Bonchev–Trinajstić information content (AvgIpc) is 2.81. The van der Waals surface area contributed by atoms with Crippen LogP contribution in [0.15, 0.2) is 41.3 Å². The zero-order chi connectivity index (χ0) is 15.9. The molecule has 0 fully saturated rings. The van der Waals surface area contributed by atoms with E-state index in [-0.39, 0.29) is 10.7 Å². The highest BCUT2D eigenvalue weighted by Crippen LogP contribution is 2.29. The van der Waals surface area contributed by atoms with Crippen LogP contribution in [-0.4, -0.2) is 16.7 Å². The molecular formula is C14H9F3N2O2S. The summed E-state index contributed by atoms with van der Waals surface area (Å²) in [5, 5.41) is 0. The van der Waals surface area contributed by atoms with Crippen molar-refractivity contribution in [2.75, 3.05) is 7.11 Å². The molecule has 0 aliphatic rings. The van der Waals surface area contributed by atoms with E-state index in [0.29, 0.717) is 16.0 Å². The van der Waals surface area contributed by atoms with Crippen LogP contribution in [0.1, 0.15) is 5.56 Å². The second-order valence-electron chi connectivity index (χ2n) is 4.44. The number of fused-ring (bicyclic) bond motifs is 1. The van der Waals surface area contributed by atoms with Crippen molar-refractivity contribution in [3.8, 4) is 11.6 Å². The number of alkyl halides is 3. The molecule has 0 saturated heterocycles. The molecule has 0 aliphatic carbocycles. The zero-order valence-electron chi connectivity index (χ0n) is 11.2. The lowest BCUT2D eigenvalue weighted by Gasteiger charge is -2.07. The van der Waals surface area contributed by atoms with Crippen molar-refractivity contribution in [1.82, 2.24) is 9.55 Å². The van der Waals surface area contributed by atoms with Crippen molar-refractivity contribution in [2.24, 2.45) is 0 Å². The molecule has 0 saturated carbocycles. The number of benzene rings is 1. The predicted molar refractivity (Wildman–Crippen MR) is 76.8 cm³/mol. The first-order valence-corrected chi connectivity index (χ1v) is 6.95. The topological polar surface area (TPSA) is 44.1 Å². The van der Waals surface area contributed by atoms with Gasteiger partial charge in [0.1, 0.15) is 11.6 Å². The highest BCUT2D eigenvalue weighted by atomic mass is 32.1. The van der Waals surface area contributed by atoms with E-state index in [1.54, 1.807) is 18.2 Å².